The van der Waals surface area contributed by atoms with E-state index < -0.39 is 0 Å². The number of anilines is 1. The van der Waals surface area contributed by atoms with Crippen LogP contribution in [0.4, 0.5) is 10.1 Å². The van der Waals surface area contributed by atoms with Crippen LogP contribution in [0.2, 0.25) is 0 Å². The van der Waals surface area contributed by atoms with Crippen molar-refractivity contribution in [3.05, 3.63) is 29.6 Å². The Morgan fingerprint density at radius 1 is 1.29 bits per heavy atom. The second-order valence-corrected chi connectivity index (χ2v) is 5.12. The lowest BCUT2D eigenvalue weighted by atomic mass is 10.1. The summed E-state index contributed by atoms with van der Waals surface area (Å²) in [6, 6.07) is 5.20. The number of carbonyl (C=O) groups excluding carboxylic acids is 1. The molecule has 2 fully saturated rings. The zero-order valence-electron chi connectivity index (χ0n) is 9.73. The molecule has 2 aliphatic carbocycles. The van der Waals surface area contributed by atoms with Gasteiger partial charge in [0.1, 0.15) is 5.82 Å². The largest absolute Gasteiger partial charge is 0.365 e. The molecule has 0 heterocycles. The smallest absolute Gasteiger partial charge is 0.152 e. The fourth-order valence-corrected chi connectivity index (χ4v) is 2.32. The van der Waals surface area contributed by atoms with Gasteiger partial charge in [-0.1, -0.05) is 6.07 Å². The lowest BCUT2D eigenvalue weighted by Crippen LogP contribution is -2.30. The van der Waals surface area contributed by atoms with Crippen molar-refractivity contribution in [2.45, 2.75) is 31.7 Å². The van der Waals surface area contributed by atoms with E-state index in [0.717, 1.165) is 25.7 Å². The molecule has 0 aromatic heterocycles. The van der Waals surface area contributed by atoms with E-state index in [1.807, 2.05) is 0 Å². The highest BCUT2D eigenvalue weighted by Gasteiger charge is 2.35. The van der Waals surface area contributed by atoms with Crippen molar-refractivity contribution in [1.29, 1.82) is 0 Å². The third-order valence-corrected chi connectivity index (χ3v) is 3.57. The van der Waals surface area contributed by atoms with E-state index >= 15 is 0 Å². The predicted molar refractivity (Wildman–Crippen MR) is 64.9 cm³/mol. The van der Waals surface area contributed by atoms with Gasteiger partial charge in [-0.3, -0.25) is 4.79 Å². The Morgan fingerprint density at radius 3 is 2.65 bits per heavy atom. The number of hydrogen-bond acceptors (Lipinski definition) is 2. The molecule has 3 heteroatoms. The molecule has 1 aromatic rings. The summed E-state index contributed by atoms with van der Waals surface area (Å²) in [5.41, 5.74) is 1.01. The zero-order valence-corrected chi connectivity index (χ0v) is 9.73. The maximum Gasteiger partial charge on any atom is 0.152 e. The van der Waals surface area contributed by atoms with Crippen LogP contribution in [0.1, 0.15) is 36.0 Å². The summed E-state index contributed by atoms with van der Waals surface area (Å²) < 4.78 is 13.9. The molecule has 17 heavy (non-hydrogen) atoms. The molecule has 0 aliphatic heterocycles. The van der Waals surface area contributed by atoms with Gasteiger partial charge < -0.3 is 4.90 Å². The van der Waals surface area contributed by atoms with E-state index in [9.17, 15) is 9.18 Å². The molecule has 0 amide bonds. The molecule has 0 saturated heterocycles. The lowest BCUT2D eigenvalue weighted by Gasteiger charge is -2.26. The topological polar surface area (TPSA) is 20.3 Å². The van der Waals surface area contributed by atoms with Gasteiger partial charge in [0.25, 0.3) is 0 Å². The molecular formula is C14H16FNO. The van der Waals surface area contributed by atoms with E-state index in [1.54, 1.807) is 12.1 Å². The Bertz CT molecular complexity index is 438. The van der Waals surface area contributed by atoms with Gasteiger partial charge in [-0.2, -0.15) is 0 Å². The minimum Gasteiger partial charge on any atom is -0.365 e. The van der Waals surface area contributed by atoms with Crippen LogP contribution in [0.15, 0.2) is 18.2 Å². The first-order valence-corrected chi connectivity index (χ1v) is 6.30. The number of carbonyl (C=O) groups is 1. The first-order valence-electron chi connectivity index (χ1n) is 6.30. The summed E-state index contributed by atoms with van der Waals surface area (Å²) in [6.45, 7) is 0.909. The van der Waals surface area contributed by atoms with Crippen molar-refractivity contribution in [1.82, 2.24) is 0 Å². The van der Waals surface area contributed by atoms with Gasteiger partial charge in [0.15, 0.2) is 6.29 Å². The maximum atomic E-state index is 13.9. The van der Waals surface area contributed by atoms with Gasteiger partial charge in [0, 0.05) is 18.2 Å². The van der Waals surface area contributed by atoms with Crippen molar-refractivity contribution in [3.8, 4) is 0 Å². The second kappa shape index (κ2) is 4.13. The summed E-state index contributed by atoms with van der Waals surface area (Å²) in [6.07, 6.45) is 5.50. The molecular weight excluding hydrogens is 217 g/mol. The third kappa shape index (κ3) is 2.19. The van der Waals surface area contributed by atoms with Crippen LogP contribution >= 0.6 is 0 Å². The molecule has 1 aromatic carbocycles. The molecule has 0 radical (unpaired) electrons. The summed E-state index contributed by atoms with van der Waals surface area (Å²) in [5, 5.41) is 0. The molecule has 0 spiro atoms. The molecule has 0 atom stereocenters. The van der Waals surface area contributed by atoms with Crippen LogP contribution in [0.25, 0.3) is 0 Å². The Morgan fingerprint density at radius 2 is 2.06 bits per heavy atom. The minimum atomic E-state index is -0.262. The van der Waals surface area contributed by atoms with Gasteiger partial charge in [-0.25, -0.2) is 4.39 Å². The molecule has 2 aliphatic rings. The highest BCUT2D eigenvalue weighted by Crippen LogP contribution is 2.39. The van der Waals surface area contributed by atoms with Gasteiger partial charge in [-0.05, 0) is 43.7 Å². The molecule has 90 valence electrons. The fourth-order valence-electron chi connectivity index (χ4n) is 2.32. The van der Waals surface area contributed by atoms with Crippen molar-refractivity contribution in [3.63, 3.8) is 0 Å². The first-order chi connectivity index (χ1) is 8.29. The van der Waals surface area contributed by atoms with Crippen LogP contribution in [0, 0.1) is 11.7 Å². The number of halogens is 1. The van der Waals surface area contributed by atoms with Crippen LogP contribution in [0.3, 0.4) is 0 Å². The zero-order chi connectivity index (χ0) is 11.8. The molecule has 0 N–H and O–H groups in total. The Kier molecular flexibility index (Phi) is 2.61. The van der Waals surface area contributed by atoms with Crippen LogP contribution in [0.5, 0.6) is 0 Å². The van der Waals surface area contributed by atoms with Crippen LogP contribution in [-0.4, -0.2) is 18.9 Å². The molecule has 0 unspecified atom stereocenters. The second-order valence-electron chi connectivity index (χ2n) is 5.12. The monoisotopic (exact) mass is 233 g/mol. The summed E-state index contributed by atoms with van der Waals surface area (Å²) >= 11 is 0. The summed E-state index contributed by atoms with van der Waals surface area (Å²) in [7, 11) is 0. The average molecular weight is 233 g/mol. The van der Waals surface area contributed by atoms with Crippen LogP contribution in [-0.2, 0) is 0 Å². The van der Waals surface area contributed by atoms with Crippen molar-refractivity contribution in [2.24, 2.45) is 5.92 Å². The molecule has 2 saturated carbocycles. The van der Waals surface area contributed by atoms with E-state index in [-0.39, 0.29) is 5.82 Å². The Labute approximate surface area is 100 Å². The molecule has 0 bridgehead atoms. The van der Waals surface area contributed by atoms with E-state index in [1.165, 1.54) is 18.9 Å². The fraction of sp³-hybridized carbons (Fsp3) is 0.500. The third-order valence-electron chi connectivity index (χ3n) is 3.57. The number of aldehydes is 1. The van der Waals surface area contributed by atoms with Crippen molar-refractivity contribution >= 4 is 12.0 Å². The number of para-hydroxylation sites is 1. The Hall–Kier alpha value is -1.38. The number of benzene rings is 1. The van der Waals surface area contributed by atoms with Crippen molar-refractivity contribution in [2.75, 3.05) is 11.4 Å². The lowest BCUT2D eigenvalue weighted by molar-refractivity contribution is 0.112. The highest BCUT2D eigenvalue weighted by atomic mass is 19.1. The number of hydrogen-bond donors (Lipinski definition) is 0. The minimum absolute atomic E-state index is 0.262. The van der Waals surface area contributed by atoms with Gasteiger partial charge in [0.05, 0.1) is 5.69 Å². The highest BCUT2D eigenvalue weighted by molar-refractivity contribution is 5.85. The van der Waals surface area contributed by atoms with E-state index in [2.05, 4.69) is 4.90 Å². The maximum absolute atomic E-state index is 13.9. The summed E-state index contributed by atoms with van der Waals surface area (Å²) in [4.78, 5) is 13.2. The average Bonchev–Trinajstić information content (AvgIpc) is 3.17. The normalized spacial score (nSPS) is 19.1. The van der Waals surface area contributed by atoms with Crippen LogP contribution < -0.4 is 4.90 Å². The molecule has 2 nitrogen and oxygen atoms in total. The van der Waals surface area contributed by atoms with Gasteiger partial charge in [-0.15, -0.1) is 0 Å². The number of rotatable bonds is 5. The standard InChI is InChI=1S/C14H16FNO/c15-13-3-1-2-11(9-17)14(13)16(12-6-7-12)8-10-4-5-10/h1-3,9-10,12H,4-8H2. The van der Waals surface area contributed by atoms with E-state index in [0.29, 0.717) is 23.2 Å². The predicted octanol–water partition coefficient (Wildman–Crippen LogP) is 3.02. The van der Waals surface area contributed by atoms with Crippen molar-refractivity contribution < 1.29 is 9.18 Å². The first kappa shape index (κ1) is 10.8. The quantitative estimate of drug-likeness (QED) is 0.729. The molecule has 3 rings (SSSR count). The summed E-state index contributed by atoms with van der Waals surface area (Å²) in [5.74, 6) is 0.442. The number of nitrogens with zero attached hydrogens (tertiary/aromatic N) is 1. The van der Waals surface area contributed by atoms with Gasteiger partial charge in [0.2, 0.25) is 0 Å². The Balaban J connectivity index is 1.95. The SMILES string of the molecule is O=Cc1cccc(F)c1N(CC1CC1)C1CC1. The van der Waals surface area contributed by atoms with Gasteiger partial charge >= 0.3 is 0 Å². The van der Waals surface area contributed by atoms with E-state index in [4.69, 9.17) is 0 Å².